The fourth-order valence-electron chi connectivity index (χ4n) is 1.47. The monoisotopic (exact) mass is 213 g/mol. The van der Waals surface area contributed by atoms with E-state index in [1.807, 2.05) is 6.07 Å². The standard InChI is InChI=1S/C11H19NO3/c12-5-2-6-13-7-3-8-14-10-11-4-1-9-15-11/h11H,1-4,6-10H2. The molecule has 1 rings (SSSR count). The van der Waals surface area contributed by atoms with Gasteiger partial charge in [-0.15, -0.1) is 0 Å². The molecule has 1 atom stereocenters. The molecule has 0 aliphatic carbocycles. The molecule has 4 nitrogen and oxygen atoms in total. The first-order valence-electron chi connectivity index (χ1n) is 5.57. The Bertz CT molecular complexity index is 185. The Hall–Kier alpha value is -0.630. The summed E-state index contributed by atoms with van der Waals surface area (Å²) < 4.78 is 16.1. The second-order valence-corrected chi connectivity index (χ2v) is 3.58. The van der Waals surface area contributed by atoms with Crippen LogP contribution in [0.4, 0.5) is 0 Å². The van der Waals surface area contributed by atoms with Crippen molar-refractivity contribution in [1.29, 1.82) is 5.26 Å². The van der Waals surface area contributed by atoms with Gasteiger partial charge in [0.15, 0.2) is 0 Å². The Morgan fingerprint density at radius 2 is 2.13 bits per heavy atom. The fraction of sp³-hybridized carbons (Fsp3) is 0.909. The zero-order valence-corrected chi connectivity index (χ0v) is 9.11. The molecule has 1 heterocycles. The third kappa shape index (κ3) is 6.45. The van der Waals surface area contributed by atoms with E-state index in [1.54, 1.807) is 0 Å². The van der Waals surface area contributed by atoms with E-state index in [2.05, 4.69) is 0 Å². The van der Waals surface area contributed by atoms with E-state index in [9.17, 15) is 0 Å². The van der Waals surface area contributed by atoms with Crippen LogP contribution in [0.2, 0.25) is 0 Å². The van der Waals surface area contributed by atoms with Crippen molar-refractivity contribution >= 4 is 0 Å². The lowest BCUT2D eigenvalue weighted by molar-refractivity contribution is 0.00950. The van der Waals surface area contributed by atoms with Crippen LogP contribution in [0.3, 0.4) is 0 Å². The third-order valence-electron chi connectivity index (χ3n) is 2.26. The van der Waals surface area contributed by atoms with Gasteiger partial charge in [-0.3, -0.25) is 0 Å². The molecule has 0 aromatic rings. The minimum atomic E-state index is 0.310. The second kappa shape index (κ2) is 8.66. The summed E-state index contributed by atoms with van der Waals surface area (Å²) in [6, 6.07) is 2.03. The Morgan fingerprint density at radius 1 is 1.27 bits per heavy atom. The van der Waals surface area contributed by atoms with Crippen molar-refractivity contribution in [3.05, 3.63) is 0 Å². The van der Waals surface area contributed by atoms with Crippen molar-refractivity contribution in [3.63, 3.8) is 0 Å². The van der Waals surface area contributed by atoms with Gasteiger partial charge >= 0.3 is 0 Å². The van der Waals surface area contributed by atoms with Gasteiger partial charge in [0.1, 0.15) is 0 Å². The summed E-state index contributed by atoms with van der Waals surface area (Å²) in [5, 5.41) is 8.26. The number of nitriles is 1. The molecule has 0 bridgehead atoms. The van der Waals surface area contributed by atoms with E-state index < -0.39 is 0 Å². The summed E-state index contributed by atoms with van der Waals surface area (Å²) in [5.74, 6) is 0. The average Bonchev–Trinajstić information content (AvgIpc) is 2.75. The number of hydrogen-bond acceptors (Lipinski definition) is 4. The summed E-state index contributed by atoms with van der Waals surface area (Å²) in [7, 11) is 0. The average molecular weight is 213 g/mol. The van der Waals surface area contributed by atoms with Crippen LogP contribution in [0.1, 0.15) is 25.7 Å². The zero-order chi connectivity index (χ0) is 10.8. The maximum Gasteiger partial charge on any atom is 0.0809 e. The van der Waals surface area contributed by atoms with Gasteiger partial charge in [0.2, 0.25) is 0 Å². The molecule has 0 spiro atoms. The zero-order valence-electron chi connectivity index (χ0n) is 9.11. The first-order valence-corrected chi connectivity index (χ1v) is 5.57. The molecular weight excluding hydrogens is 194 g/mol. The van der Waals surface area contributed by atoms with E-state index in [1.165, 1.54) is 0 Å². The van der Waals surface area contributed by atoms with Crippen LogP contribution in [0.5, 0.6) is 0 Å². The van der Waals surface area contributed by atoms with E-state index in [4.69, 9.17) is 19.5 Å². The van der Waals surface area contributed by atoms with E-state index in [-0.39, 0.29) is 0 Å². The van der Waals surface area contributed by atoms with Gasteiger partial charge in [-0.2, -0.15) is 5.26 Å². The second-order valence-electron chi connectivity index (χ2n) is 3.58. The molecule has 0 aromatic carbocycles. The van der Waals surface area contributed by atoms with Crippen molar-refractivity contribution in [3.8, 4) is 6.07 Å². The summed E-state index contributed by atoms with van der Waals surface area (Å²) in [6.45, 7) is 3.51. The lowest BCUT2D eigenvalue weighted by Crippen LogP contribution is -2.15. The van der Waals surface area contributed by atoms with E-state index >= 15 is 0 Å². The predicted molar refractivity (Wildman–Crippen MR) is 55.5 cm³/mol. The summed E-state index contributed by atoms with van der Waals surface area (Å²) in [4.78, 5) is 0. The normalized spacial score (nSPS) is 20.3. The van der Waals surface area contributed by atoms with Crippen molar-refractivity contribution in [2.24, 2.45) is 0 Å². The van der Waals surface area contributed by atoms with Crippen LogP contribution in [0.15, 0.2) is 0 Å². The first-order chi connectivity index (χ1) is 7.43. The molecule has 0 saturated carbocycles. The molecule has 1 saturated heterocycles. The smallest absolute Gasteiger partial charge is 0.0809 e. The summed E-state index contributed by atoms with van der Waals surface area (Å²) in [6.07, 6.45) is 3.95. The van der Waals surface area contributed by atoms with Crippen LogP contribution < -0.4 is 0 Å². The van der Waals surface area contributed by atoms with Gasteiger partial charge in [0.25, 0.3) is 0 Å². The Kier molecular flexibility index (Phi) is 7.18. The minimum Gasteiger partial charge on any atom is -0.380 e. The molecule has 1 unspecified atom stereocenters. The molecule has 1 fully saturated rings. The first kappa shape index (κ1) is 12.4. The maximum atomic E-state index is 8.26. The van der Waals surface area contributed by atoms with Crippen molar-refractivity contribution in [1.82, 2.24) is 0 Å². The molecule has 0 aromatic heterocycles. The highest BCUT2D eigenvalue weighted by molar-refractivity contribution is 4.67. The lowest BCUT2D eigenvalue weighted by Gasteiger charge is -2.09. The van der Waals surface area contributed by atoms with E-state index in [0.717, 1.165) is 25.9 Å². The van der Waals surface area contributed by atoms with Crippen LogP contribution in [0.25, 0.3) is 0 Å². The highest BCUT2D eigenvalue weighted by Gasteiger charge is 2.14. The molecule has 1 aliphatic heterocycles. The van der Waals surface area contributed by atoms with Crippen molar-refractivity contribution in [2.75, 3.05) is 33.0 Å². The number of nitrogens with zero attached hydrogens (tertiary/aromatic N) is 1. The molecular formula is C11H19NO3. The molecule has 0 N–H and O–H groups in total. The quantitative estimate of drug-likeness (QED) is 0.573. The van der Waals surface area contributed by atoms with Gasteiger partial charge in [-0.1, -0.05) is 0 Å². The number of rotatable bonds is 8. The van der Waals surface area contributed by atoms with Crippen molar-refractivity contribution in [2.45, 2.75) is 31.8 Å². The van der Waals surface area contributed by atoms with Gasteiger partial charge in [0.05, 0.1) is 31.8 Å². The van der Waals surface area contributed by atoms with Crippen LogP contribution >= 0.6 is 0 Å². The largest absolute Gasteiger partial charge is 0.380 e. The topological polar surface area (TPSA) is 51.5 Å². The van der Waals surface area contributed by atoms with Gasteiger partial charge in [-0.05, 0) is 19.3 Å². The van der Waals surface area contributed by atoms with Crippen molar-refractivity contribution < 1.29 is 14.2 Å². The molecule has 0 radical (unpaired) electrons. The Balaban J connectivity index is 1.75. The highest BCUT2D eigenvalue weighted by Crippen LogP contribution is 2.11. The Morgan fingerprint density at radius 3 is 2.87 bits per heavy atom. The SMILES string of the molecule is N#CCCOCCCOCC1CCCO1. The van der Waals surface area contributed by atoms with Gasteiger partial charge < -0.3 is 14.2 Å². The predicted octanol–water partition coefficient (Wildman–Crippen LogP) is 1.50. The fourth-order valence-corrected chi connectivity index (χ4v) is 1.47. The molecule has 0 amide bonds. The molecule has 86 valence electrons. The van der Waals surface area contributed by atoms with Gasteiger partial charge in [-0.25, -0.2) is 0 Å². The third-order valence-corrected chi connectivity index (χ3v) is 2.26. The molecule has 4 heteroatoms. The summed E-state index contributed by atoms with van der Waals surface area (Å²) >= 11 is 0. The van der Waals surface area contributed by atoms with Crippen LogP contribution in [-0.4, -0.2) is 39.1 Å². The number of hydrogen-bond donors (Lipinski definition) is 0. The maximum absolute atomic E-state index is 8.26. The van der Waals surface area contributed by atoms with Crippen LogP contribution in [-0.2, 0) is 14.2 Å². The highest BCUT2D eigenvalue weighted by atomic mass is 16.5. The van der Waals surface area contributed by atoms with Gasteiger partial charge in [0, 0.05) is 19.8 Å². The van der Waals surface area contributed by atoms with Crippen LogP contribution in [0, 0.1) is 11.3 Å². The summed E-state index contributed by atoms with van der Waals surface area (Å²) in [5.41, 5.74) is 0. The minimum absolute atomic E-state index is 0.310. The molecule has 15 heavy (non-hydrogen) atoms. The molecule has 1 aliphatic rings. The lowest BCUT2D eigenvalue weighted by atomic mass is 10.2. The Labute approximate surface area is 91.1 Å². The van der Waals surface area contributed by atoms with E-state index in [0.29, 0.717) is 39.0 Å². The number of ether oxygens (including phenoxy) is 3.